The van der Waals surface area contributed by atoms with Gasteiger partial charge in [-0.05, 0) is 36.6 Å². The van der Waals surface area contributed by atoms with E-state index in [1.54, 1.807) is 37.3 Å². The predicted octanol–water partition coefficient (Wildman–Crippen LogP) is 4.26. The maximum atomic E-state index is 13.2. The number of carbonyl (C=O) groups is 1. The van der Waals surface area contributed by atoms with Gasteiger partial charge in [0, 0.05) is 17.8 Å². The number of hydrogen-bond acceptors (Lipinski definition) is 3. The first kappa shape index (κ1) is 18.0. The summed E-state index contributed by atoms with van der Waals surface area (Å²) in [5, 5.41) is 0. The Morgan fingerprint density at radius 1 is 1.15 bits per heavy atom. The summed E-state index contributed by atoms with van der Waals surface area (Å²) in [6.07, 6.45) is 5.74. The molecule has 3 rings (SSSR count). The topological polar surface area (TPSA) is 38.8 Å². The number of rotatable bonds is 5. The summed E-state index contributed by atoms with van der Waals surface area (Å²) in [7, 11) is 3.16. The van der Waals surface area contributed by atoms with Gasteiger partial charge in [-0.15, -0.1) is 0 Å². The summed E-state index contributed by atoms with van der Waals surface area (Å²) in [6, 6.07) is 11.7. The monoisotopic (exact) mass is 355 g/mol. The van der Waals surface area contributed by atoms with Crippen molar-refractivity contribution >= 4 is 5.91 Å². The van der Waals surface area contributed by atoms with Gasteiger partial charge in [0.1, 0.15) is 17.3 Å². The molecule has 0 fully saturated rings. The van der Waals surface area contributed by atoms with Gasteiger partial charge in [-0.1, -0.05) is 24.3 Å². The van der Waals surface area contributed by atoms with Crippen LogP contribution in [-0.4, -0.2) is 25.0 Å². The summed E-state index contributed by atoms with van der Waals surface area (Å²) < 4.78 is 23.8. The Morgan fingerprint density at radius 3 is 2.62 bits per heavy atom. The lowest BCUT2D eigenvalue weighted by Gasteiger charge is -2.32. The van der Waals surface area contributed by atoms with Crippen LogP contribution in [0.4, 0.5) is 4.39 Å². The lowest BCUT2D eigenvalue weighted by atomic mass is 9.97. The van der Waals surface area contributed by atoms with Gasteiger partial charge >= 0.3 is 0 Å². The van der Waals surface area contributed by atoms with Crippen molar-refractivity contribution < 1.29 is 18.7 Å². The second-order valence-electron chi connectivity index (χ2n) is 6.19. The van der Waals surface area contributed by atoms with E-state index in [0.717, 1.165) is 24.0 Å². The van der Waals surface area contributed by atoms with Crippen LogP contribution >= 0.6 is 0 Å². The van der Waals surface area contributed by atoms with Gasteiger partial charge in [-0.2, -0.15) is 0 Å². The van der Waals surface area contributed by atoms with E-state index in [2.05, 4.69) is 0 Å². The summed E-state index contributed by atoms with van der Waals surface area (Å²) in [6.45, 7) is 0. The Balaban J connectivity index is 1.82. The predicted molar refractivity (Wildman–Crippen MR) is 97.6 cm³/mol. The molecule has 2 aromatic carbocycles. The van der Waals surface area contributed by atoms with Crippen LogP contribution in [0, 0.1) is 5.82 Å². The van der Waals surface area contributed by atoms with Crippen LogP contribution < -0.4 is 9.47 Å². The molecule has 136 valence electrons. The van der Waals surface area contributed by atoms with Crippen molar-refractivity contribution in [1.82, 2.24) is 4.90 Å². The van der Waals surface area contributed by atoms with Crippen LogP contribution in [-0.2, 0) is 11.2 Å². The normalized spacial score (nSPS) is 16.4. The van der Waals surface area contributed by atoms with Crippen LogP contribution in [0.5, 0.6) is 11.5 Å². The van der Waals surface area contributed by atoms with Crippen molar-refractivity contribution in [1.29, 1.82) is 0 Å². The molecular formula is C21H22FNO3. The third-order valence-corrected chi connectivity index (χ3v) is 4.59. The standard InChI is InChI=1S/C21H22FNO3/c1-25-18-11-8-16(20(14-18)26-2)13-21(24)23-12-4-3-5-19(23)15-6-9-17(22)10-7-15/h4,6-12,14,19H,3,5,13H2,1-2H3. The summed E-state index contributed by atoms with van der Waals surface area (Å²) in [5.41, 5.74) is 1.74. The number of nitrogens with zero attached hydrogens (tertiary/aromatic N) is 1. The van der Waals surface area contributed by atoms with Gasteiger partial charge in [-0.3, -0.25) is 4.79 Å². The van der Waals surface area contributed by atoms with Crippen LogP contribution in [0.2, 0.25) is 0 Å². The fourth-order valence-electron chi connectivity index (χ4n) is 3.21. The van der Waals surface area contributed by atoms with E-state index >= 15 is 0 Å². The Morgan fingerprint density at radius 2 is 1.92 bits per heavy atom. The third-order valence-electron chi connectivity index (χ3n) is 4.59. The van der Waals surface area contributed by atoms with Gasteiger partial charge in [0.05, 0.1) is 26.7 Å². The van der Waals surface area contributed by atoms with Crippen molar-refractivity contribution in [2.24, 2.45) is 0 Å². The second kappa shape index (κ2) is 8.04. The third kappa shape index (κ3) is 3.87. The van der Waals surface area contributed by atoms with Crippen LogP contribution in [0.15, 0.2) is 54.7 Å². The molecule has 0 aliphatic carbocycles. The van der Waals surface area contributed by atoms with Crippen molar-refractivity contribution in [2.45, 2.75) is 25.3 Å². The molecule has 0 N–H and O–H groups in total. The number of halogens is 1. The maximum absolute atomic E-state index is 13.2. The minimum Gasteiger partial charge on any atom is -0.497 e. The molecule has 0 saturated heterocycles. The molecule has 0 bridgehead atoms. The van der Waals surface area contributed by atoms with E-state index in [9.17, 15) is 9.18 Å². The largest absolute Gasteiger partial charge is 0.497 e. The van der Waals surface area contributed by atoms with Crippen molar-refractivity contribution in [2.75, 3.05) is 14.2 Å². The number of amides is 1. The van der Waals surface area contributed by atoms with E-state index in [4.69, 9.17) is 9.47 Å². The quantitative estimate of drug-likeness (QED) is 0.804. The summed E-state index contributed by atoms with van der Waals surface area (Å²) in [4.78, 5) is 14.7. The second-order valence-corrected chi connectivity index (χ2v) is 6.19. The molecule has 2 aromatic rings. The molecule has 1 heterocycles. The number of carbonyl (C=O) groups excluding carboxylic acids is 1. The van der Waals surface area contributed by atoms with Gasteiger partial charge in [0.25, 0.3) is 0 Å². The van der Waals surface area contributed by atoms with Gasteiger partial charge in [0.15, 0.2) is 0 Å². The van der Waals surface area contributed by atoms with Crippen LogP contribution in [0.25, 0.3) is 0 Å². The molecule has 1 amide bonds. The zero-order valence-electron chi connectivity index (χ0n) is 14.9. The molecular weight excluding hydrogens is 333 g/mol. The van der Waals surface area contributed by atoms with Crippen LogP contribution in [0.3, 0.4) is 0 Å². The van der Waals surface area contributed by atoms with Gasteiger partial charge < -0.3 is 14.4 Å². The molecule has 1 aliphatic heterocycles. The first-order valence-electron chi connectivity index (χ1n) is 8.56. The van der Waals surface area contributed by atoms with E-state index in [-0.39, 0.29) is 24.2 Å². The van der Waals surface area contributed by atoms with Gasteiger partial charge in [-0.25, -0.2) is 4.39 Å². The minimum atomic E-state index is -0.277. The molecule has 5 heteroatoms. The number of hydrogen-bond donors (Lipinski definition) is 0. The average Bonchev–Trinajstić information content (AvgIpc) is 2.69. The first-order valence-corrected chi connectivity index (χ1v) is 8.56. The Hall–Kier alpha value is -2.82. The molecule has 26 heavy (non-hydrogen) atoms. The fraction of sp³-hybridized carbons (Fsp3) is 0.286. The first-order chi connectivity index (χ1) is 12.6. The van der Waals surface area contributed by atoms with E-state index in [0.29, 0.717) is 11.5 Å². The molecule has 0 spiro atoms. The number of benzene rings is 2. The minimum absolute atomic E-state index is 0.0289. The molecule has 0 aromatic heterocycles. The summed E-state index contributed by atoms with van der Waals surface area (Å²) in [5.74, 6) is 0.997. The van der Waals surface area contributed by atoms with Crippen LogP contribution in [0.1, 0.15) is 30.0 Å². The van der Waals surface area contributed by atoms with Crippen molar-refractivity contribution in [3.63, 3.8) is 0 Å². The lowest BCUT2D eigenvalue weighted by Crippen LogP contribution is -2.33. The fourth-order valence-corrected chi connectivity index (χ4v) is 3.21. The SMILES string of the molecule is COc1ccc(CC(=O)N2C=CCCC2c2ccc(F)cc2)c(OC)c1. The molecule has 4 nitrogen and oxygen atoms in total. The highest BCUT2D eigenvalue weighted by Gasteiger charge is 2.26. The number of allylic oxidation sites excluding steroid dienone is 1. The number of ether oxygens (including phenoxy) is 2. The highest BCUT2D eigenvalue weighted by atomic mass is 19.1. The molecule has 1 unspecified atom stereocenters. The highest BCUT2D eigenvalue weighted by Crippen LogP contribution is 2.32. The Kier molecular flexibility index (Phi) is 5.56. The van der Waals surface area contributed by atoms with E-state index in [1.165, 1.54) is 12.1 Å². The lowest BCUT2D eigenvalue weighted by molar-refractivity contribution is -0.130. The number of methoxy groups -OCH3 is 2. The van der Waals surface area contributed by atoms with E-state index in [1.807, 2.05) is 24.4 Å². The maximum Gasteiger partial charge on any atom is 0.231 e. The molecule has 1 aliphatic rings. The Labute approximate surface area is 152 Å². The Bertz CT molecular complexity index is 801. The zero-order valence-corrected chi connectivity index (χ0v) is 14.9. The summed E-state index contributed by atoms with van der Waals surface area (Å²) >= 11 is 0. The highest BCUT2D eigenvalue weighted by molar-refractivity contribution is 5.81. The molecule has 0 radical (unpaired) electrons. The van der Waals surface area contributed by atoms with Crippen molar-refractivity contribution in [3.8, 4) is 11.5 Å². The zero-order chi connectivity index (χ0) is 18.5. The van der Waals surface area contributed by atoms with Crippen molar-refractivity contribution in [3.05, 3.63) is 71.7 Å². The smallest absolute Gasteiger partial charge is 0.231 e. The average molecular weight is 355 g/mol. The molecule has 0 saturated carbocycles. The molecule has 1 atom stereocenters. The van der Waals surface area contributed by atoms with Gasteiger partial charge in [0.2, 0.25) is 5.91 Å². The van der Waals surface area contributed by atoms with E-state index < -0.39 is 0 Å².